The van der Waals surface area contributed by atoms with Crippen molar-refractivity contribution in [1.82, 2.24) is 21.3 Å². The van der Waals surface area contributed by atoms with E-state index in [1.165, 1.54) is 11.8 Å². The summed E-state index contributed by atoms with van der Waals surface area (Å²) >= 11 is 1.49. The molecule has 0 saturated carbocycles. The molecule has 0 aromatic rings. The van der Waals surface area contributed by atoms with Crippen molar-refractivity contribution < 1.29 is 34.2 Å². The van der Waals surface area contributed by atoms with Gasteiger partial charge in [-0.25, -0.2) is 9.59 Å². The lowest BCUT2D eigenvalue weighted by molar-refractivity contribution is -0.142. The van der Waals surface area contributed by atoms with Crippen molar-refractivity contribution in [2.75, 3.05) is 18.8 Å². The van der Waals surface area contributed by atoms with Crippen LogP contribution in [0.2, 0.25) is 0 Å². The number of nitrogens with one attached hydrogen (secondary N) is 4. The van der Waals surface area contributed by atoms with Crippen LogP contribution in [0.15, 0.2) is 0 Å². The minimum absolute atomic E-state index is 0.0373. The summed E-state index contributed by atoms with van der Waals surface area (Å²) in [4.78, 5) is 59.3. The van der Waals surface area contributed by atoms with Crippen LogP contribution in [0.4, 0.5) is 4.79 Å². The third-order valence-corrected chi connectivity index (χ3v) is 8.23. The van der Waals surface area contributed by atoms with E-state index in [2.05, 4.69) is 21.3 Å². The number of unbranched alkanes of at least 4 members (excludes halogenated alkanes) is 4. The Labute approximate surface area is 215 Å². The quantitative estimate of drug-likeness (QED) is 0.0977. The number of nitrogens with two attached hydrogens (primary N) is 1. The minimum atomic E-state index is -1.05. The molecule has 0 unspecified atom stereocenters. The molecule has 2 rings (SSSR count). The molecule has 2 saturated heterocycles. The first kappa shape index (κ1) is 29.7. The molecular weight excluding hydrogens is 490 g/mol. The molecular formula is C23H39N5O7S. The highest BCUT2D eigenvalue weighted by Crippen LogP contribution is 2.44. The Balaban J connectivity index is 1.74. The number of carbonyl (C=O) groups is 5. The number of hydrogen-bond acceptors (Lipinski definition) is 7. The van der Waals surface area contributed by atoms with E-state index in [1.54, 1.807) is 0 Å². The summed E-state index contributed by atoms with van der Waals surface area (Å²) in [5.41, 5.74) is 5.42. The maximum absolute atomic E-state index is 13.2. The van der Waals surface area contributed by atoms with Crippen LogP contribution in [-0.4, -0.2) is 81.7 Å². The number of carbonyl (C=O) groups excluding carboxylic acids is 3. The van der Waals surface area contributed by atoms with E-state index >= 15 is 0 Å². The van der Waals surface area contributed by atoms with E-state index in [-0.39, 0.29) is 42.8 Å². The molecule has 4 amide bonds. The summed E-state index contributed by atoms with van der Waals surface area (Å²) in [6, 6.07) is -1.70. The van der Waals surface area contributed by atoms with Gasteiger partial charge in [0.25, 0.3) is 0 Å². The number of amides is 4. The van der Waals surface area contributed by atoms with E-state index in [1.807, 2.05) is 0 Å². The van der Waals surface area contributed by atoms with Gasteiger partial charge in [0.05, 0.1) is 12.1 Å². The number of urea groups is 1. The Morgan fingerprint density at radius 1 is 1.03 bits per heavy atom. The number of aliphatic carboxylic acids is 2. The zero-order valence-corrected chi connectivity index (χ0v) is 21.4. The van der Waals surface area contributed by atoms with Gasteiger partial charge in [-0.2, -0.15) is 0 Å². The predicted molar refractivity (Wildman–Crippen MR) is 134 cm³/mol. The summed E-state index contributed by atoms with van der Waals surface area (Å²) in [5, 5.41) is 29.4. The number of fused-ring (bicyclic) bond motifs is 1. The van der Waals surface area contributed by atoms with Crippen LogP contribution in [0.25, 0.3) is 0 Å². The first-order valence-corrected chi connectivity index (χ1v) is 13.6. The van der Waals surface area contributed by atoms with Gasteiger partial charge in [0, 0.05) is 25.1 Å². The molecule has 0 bridgehead atoms. The number of rotatable bonds is 18. The normalized spacial score (nSPS) is 23.3. The van der Waals surface area contributed by atoms with Crippen LogP contribution < -0.4 is 27.0 Å². The molecule has 36 heavy (non-hydrogen) atoms. The smallest absolute Gasteiger partial charge is 0.326 e. The molecule has 2 fully saturated rings. The molecule has 13 heteroatoms. The highest BCUT2D eigenvalue weighted by molar-refractivity contribution is 8.01. The van der Waals surface area contributed by atoms with Crippen molar-refractivity contribution in [2.24, 2.45) is 5.73 Å². The number of hydrogen-bond donors (Lipinski definition) is 7. The van der Waals surface area contributed by atoms with Crippen LogP contribution in [0, 0.1) is 0 Å². The monoisotopic (exact) mass is 529 g/mol. The lowest BCUT2D eigenvalue weighted by Gasteiger charge is -2.32. The second kappa shape index (κ2) is 14.9. The zero-order chi connectivity index (χ0) is 26.6. The van der Waals surface area contributed by atoms with Gasteiger partial charge in [-0.15, -0.1) is 11.8 Å². The molecule has 12 nitrogen and oxygen atoms in total. The molecule has 204 valence electrons. The number of carboxylic acid groups (broad SMARTS) is 2. The van der Waals surface area contributed by atoms with Crippen molar-refractivity contribution in [3.63, 3.8) is 0 Å². The molecule has 0 aromatic heterocycles. The van der Waals surface area contributed by atoms with Crippen molar-refractivity contribution in [2.45, 2.75) is 93.5 Å². The lowest BCUT2D eigenvalue weighted by atomic mass is 9.88. The summed E-state index contributed by atoms with van der Waals surface area (Å²) in [7, 11) is 0. The predicted octanol–water partition coefficient (Wildman–Crippen LogP) is 0.542. The molecule has 4 atom stereocenters. The van der Waals surface area contributed by atoms with Gasteiger partial charge < -0.3 is 37.2 Å². The van der Waals surface area contributed by atoms with Gasteiger partial charge in [0.2, 0.25) is 11.8 Å². The Bertz CT molecular complexity index is 799. The largest absolute Gasteiger partial charge is 0.481 e. The average molecular weight is 530 g/mol. The molecule has 8 N–H and O–H groups in total. The van der Waals surface area contributed by atoms with Crippen LogP contribution >= 0.6 is 11.8 Å². The third-order valence-electron chi connectivity index (χ3n) is 6.55. The van der Waals surface area contributed by atoms with Gasteiger partial charge in [0.1, 0.15) is 10.8 Å². The fraction of sp³-hybridized carbons (Fsp3) is 0.783. The Hall–Kier alpha value is -2.54. The van der Waals surface area contributed by atoms with E-state index in [4.69, 9.17) is 10.8 Å². The molecule has 2 aliphatic rings. The number of thioether (sulfide) groups is 1. The number of carboxylic acids is 2. The van der Waals surface area contributed by atoms with Gasteiger partial charge >= 0.3 is 18.0 Å². The third kappa shape index (κ3) is 8.84. The Kier molecular flexibility index (Phi) is 12.3. The Morgan fingerprint density at radius 2 is 1.78 bits per heavy atom. The molecule has 2 heterocycles. The summed E-state index contributed by atoms with van der Waals surface area (Å²) in [6.45, 7) is 0.890. The first-order chi connectivity index (χ1) is 17.2. The molecule has 2 aliphatic heterocycles. The second-order valence-corrected chi connectivity index (χ2v) is 10.7. The van der Waals surface area contributed by atoms with Crippen molar-refractivity contribution in [1.29, 1.82) is 0 Å². The fourth-order valence-corrected chi connectivity index (χ4v) is 6.26. The standard InChI is InChI=1S/C23H39N5O7S/c24-12-6-4-8-15(20(32)33)26-17(29)9-2-1-7-13-25-21(34)23(11-5-3-10-18(30)31)19-16(14-36-23)27-22(35)28-19/h15-16,19H,1-14,24H2,(H,25,34)(H,26,29)(H,30,31)(H,32,33)(H2,27,28,35)/t15-,16-,19-,23-/m0/s1. The van der Waals surface area contributed by atoms with E-state index in [9.17, 15) is 29.1 Å². The van der Waals surface area contributed by atoms with Gasteiger partial charge in [-0.05, 0) is 51.5 Å². The maximum Gasteiger partial charge on any atom is 0.326 e. The maximum atomic E-state index is 13.2. The van der Waals surface area contributed by atoms with E-state index in [0.717, 1.165) is 0 Å². The fourth-order valence-electron chi connectivity index (χ4n) is 4.61. The molecule has 0 aromatic carbocycles. The van der Waals surface area contributed by atoms with Crippen molar-refractivity contribution in [3.8, 4) is 0 Å². The van der Waals surface area contributed by atoms with Crippen LogP contribution in [0.1, 0.15) is 70.6 Å². The summed E-state index contributed by atoms with van der Waals surface area (Å²) < 4.78 is -0.849. The van der Waals surface area contributed by atoms with E-state index < -0.39 is 22.7 Å². The highest BCUT2D eigenvalue weighted by atomic mass is 32.2. The van der Waals surface area contributed by atoms with E-state index in [0.29, 0.717) is 76.6 Å². The van der Waals surface area contributed by atoms with Gasteiger partial charge in [-0.3, -0.25) is 14.4 Å². The average Bonchev–Trinajstić information content (AvgIpc) is 3.36. The topological polar surface area (TPSA) is 200 Å². The lowest BCUT2D eigenvalue weighted by Crippen LogP contribution is -2.56. The molecule has 0 spiro atoms. The molecule has 0 radical (unpaired) electrons. The SMILES string of the molecule is NCCCC[C@H](NC(=O)CCCCCNC(=O)[C@@]1(CCCCC(=O)O)SC[C@@H]2NC(=O)N[C@@H]21)C(=O)O. The first-order valence-electron chi connectivity index (χ1n) is 12.6. The van der Waals surface area contributed by atoms with Gasteiger partial charge in [-0.1, -0.05) is 12.8 Å². The second-order valence-electron chi connectivity index (χ2n) is 9.31. The summed E-state index contributed by atoms with van der Waals surface area (Å²) in [5.74, 6) is -1.80. The van der Waals surface area contributed by atoms with Crippen LogP contribution in [0.3, 0.4) is 0 Å². The van der Waals surface area contributed by atoms with Crippen molar-refractivity contribution >= 4 is 41.5 Å². The molecule has 0 aliphatic carbocycles. The van der Waals surface area contributed by atoms with Crippen LogP contribution in [-0.2, 0) is 19.2 Å². The minimum Gasteiger partial charge on any atom is -0.481 e. The zero-order valence-electron chi connectivity index (χ0n) is 20.6. The summed E-state index contributed by atoms with van der Waals surface area (Å²) in [6.07, 6.45) is 5.32. The highest BCUT2D eigenvalue weighted by Gasteiger charge is 2.57. The van der Waals surface area contributed by atoms with Crippen LogP contribution in [0.5, 0.6) is 0 Å². The Morgan fingerprint density at radius 3 is 2.47 bits per heavy atom. The van der Waals surface area contributed by atoms with Crippen molar-refractivity contribution in [3.05, 3.63) is 0 Å². The van der Waals surface area contributed by atoms with Gasteiger partial charge in [0.15, 0.2) is 0 Å².